The lowest BCUT2D eigenvalue weighted by molar-refractivity contribution is -0.137. The number of likely N-dealkylation sites (N-methyl/N-ethyl adjacent to an activating group) is 1. The molecule has 0 spiro atoms. The van der Waals surface area contributed by atoms with Crippen LogP contribution in [0.15, 0.2) is 103 Å². The maximum atomic E-state index is 14.4. The smallest absolute Gasteiger partial charge is 0.411 e. The summed E-state index contributed by atoms with van der Waals surface area (Å²) in [7, 11) is 1.75. The Morgan fingerprint density at radius 1 is 0.857 bits per heavy atom. The van der Waals surface area contributed by atoms with Crippen LogP contribution in [0.1, 0.15) is 43.9 Å². The Balaban J connectivity index is 1.42. The van der Waals surface area contributed by atoms with E-state index in [-0.39, 0.29) is 31.8 Å². The fourth-order valence-electron chi connectivity index (χ4n) is 6.19. The first-order valence-electron chi connectivity index (χ1n) is 16.7. The van der Waals surface area contributed by atoms with Crippen molar-refractivity contribution in [3.63, 3.8) is 0 Å². The molecule has 49 heavy (non-hydrogen) atoms. The van der Waals surface area contributed by atoms with Gasteiger partial charge in [-0.3, -0.25) is 14.5 Å². The monoisotopic (exact) mass is 662 g/mol. The normalized spacial score (nSPS) is 12.8. The van der Waals surface area contributed by atoms with E-state index in [1.54, 1.807) is 32.7 Å². The standard InChI is InChI=1S/C40H46N4O5/c1-40(2,3)49-39(48)44(21-20-41-33(25-37(45)46)24-32-26-42-35-17-11-10-16-34(32)35)36(38(47)43(4)27-28-12-6-5-7-13-28)23-29-18-19-30-14-8-9-15-31(30)22-29/h5-19,22,26,33,36,41-42H,20-21,23-25,27H2,1-4H3,(H,45,46). The predicted molar refractivity (Wildman–Crippen MR) is 193 cm³/mol. The zero-order chi connectivity index (χ0) is 35.0. The number of rotatable bonds is 14. The Morgan fingerprint density at radius 2 is 1.55 bits per heavy atom. The molecule has 0 radical (unpaired) electrons. The van der Waals surface area contributed by atoms with Crippen LogP contribution in [0.4, 0.5) is 4.79 Å². The number of fused-ring (bicyclic) bond motifs is 2. The summed E-state index contributed by atoms with van der Waals surface area (Å²) in [6.45, 7) is 6.15. The first-order chi connectivity index (χ1) is 23.5. The number of hydrogen-bond acceptors (Lipinski definition) is 5. The van der Waals surface area contributed by atoms with Crippen LogP contribution in [0.3, 0.4) is 0 Å². The molecule has 2 amide bonds. The Labute approximate surface area is 287 Å². The quantitative estimate of drug-likeness (QED) is 0.121. The van der Waals surface area contributed by atoms with Crippen molar-refractivity contribution < 1.29 is 24.2 Å². The van der Waals surface area contributed by atoms with Gasteiger partial charge in [-0.05, 0) is 60.7 Å². The maximum absolute atomic E-state index is 14.4. The second kappa shape index (κ2) is 15.8. The summed E-state index contributed by atoms with van der Waals surface area (Å²) in [5.74, 6) is -1.14. The number of H-pyrrole nitrogens is 1. The van der Waals surface area contributed by atoms with Gasteiger partial charge in [0, 0.05) is 56.2 Å². The molecule has 0 bridgehead atoms. The molecule has 9 heteroatoms. The molecule has 256 valence electrons. The highest BCUT2D eigenvalue weighted by atomic mass is 16.6. The van der Waals surface area contributed by atoms with E-state index in [0.29, 0.717) is 13.0 Å². The number of aromatic nitrogens is 1. The molecule has 5 aromatic rings. The Bertz CT molecular complexity index is 1880. The van der Waals surface area contributed by atoms with E-state index in [2.05, 4.69) is 16.4 Å². The number of aliphatic carboxylic acids is 1. The number of benzene rings is 4. The minimum atomic E-state index is -0.923. The maximum Gasteiger partial charge on any atom is 0.411 e. The highest BCUT2D eigenvalue weighted by molar-refractivity contribution is 5.87. The summed E-state index contributed by atoms with van der Waals surface area (Å²) in [5.41, 5.74) is 3.08. The van der Waals surface area contributed by atoms with E-state index in [4.69, 9.17) is 4.74 Å². The highest BCUT2D eigenvalue weighted by Crippen LogP contribution is 2.22. The number of carbonyl (C=O) groups excluding carboxylic acids is 2. The van der Waals surface area contributed by atoms with Gasteiger partial charge in [0.15, 0.2) is 0 Å². The molecule has 0 fully saturated rings. The Kier molecular flexibility index (Phi) is 11.4. The minimum absolute atomic E-state index is 0.106. The van der Waals surface area contributed by atoms with E-state index >= 15 is 0 Å². The van der Waals surface area contributed by atoms with Crippen LogP contribution in [0.25, 0.3) is 21.7 Å². The van der Waals surface area contributed by atoms with Gasteiger partial charge in [-0.2, -0.15) is 0 Å². The summed E-state index contributed by atoms with van der Waals surface area (Å²) < 4.78 is 5.88. The average Bonchev–Trinajstić information content (AvgIpc) is 3.47. The van der Waals surface area contributed by atoms with Gasteiger partial charge in [0.2, 0.25) is 5.91 Å². The SMILES string of the molecule is CN(Cc1ccccc1)C(=O)C(Cc1ccc2ccccc2c1)N(CCNC(CC(=O)O)Cc1c[nH]c2ccccc12)C(=O)OC(C)(C)C. The Morgan fingerprint density at radius 3 is 2.29 bits per heavy atom. The fraction of sp³-hybridized carbons (Fsp3) is 0.325. The van der Waals surface area contributed by atoms with Gasteiger partial charge in [-0.1, -0.05) is 91.0 Å². The first-order valence-corrected chi connectivity index (χ1v) is 16.7. The van der Waals surface area contributed by atoms with Gasteiger partial charge in [-0.25, -0.2) is 4.79 Å². The lowest BCUT2D eigenvalue weighted by atomic mass is 9.99. The number of nitrogens with one attached hydrogen (secondary N) is 2. The molecule has 0 saturated heterocycles. The molecule has 0 aliphatic carbocycles. The van der Waals surface area contributed by atoms with Crippen LogP contribution in [0, 0.1) is 0 Å². The van der Waals surface area contributed by atoms with E-state index in [1.807, 2.05) is 97.2 Å². The lowest BCUT2D eigenvalue weighted by Gasteiger charge is -2.35. The summed E-state index contributed by atoms with van der Waals surface area (Å²) >= 11 is 0. The zero-order valence-electron chi connectivity index (χ0n) is 28.7. The first kappa shape index (κ1) is 35.2. The molecular weight excluding hydrogens is 616 g/mol. The number of ether oxygens (including phenoxy) is 1. The second-order valence-electron chi connectivity index (χ2n) is 13.6. The molecule has 0 saturated carbocycles. The Hall–Kier alpha value is -5.15. The molecule has 0 aliphatic rings. The van der Waals surface area contributed by atoms with Crippen LogP contribution in [0.2, 0.25) is 0 Å². The molecule has 3 N–H and O–H groups in total. The third-order valence-corrected chi connectivity index (χ3v) is 8.52. The molecule has 1 aromatic heterocycles. The molecule has 9 nitrogen and oxygen atoms in total. The van der Waals surface area contributed by atoms with Gasteiger partial charge in [0.25, 0.3) is 0 Å². The largest absolute Gasteiger partial charge is 0.481 e. The van der Waals surface area contributed by atoms with Crippen molar-refractivity contribution in [1.82, 2.24) is 20.1 Å². The number of hydrogen-bond donors (Lipinski definition) is 3. The van der Waals surface area contributed by atoms with Crippen molar-refractivity contribution in [3.05, 3.63) is 120 Å². The zero-order valence-corrected chi connectivity index (χ0v) is 28.7. The number of aromatic amines is 1. The number of carboxylic acids is 1. The molecule has 2 atom stereocenters. The van der Waals surface area contributed by atoms with Crippen molar-refractivity contribution in [3.8, 4) is 0 Å². The van der Waals surface area contributed by atoms with Crippen molar-refractivity contribution in [2.45, 2.75) is 64.3 Å². The van der Waals surface area contributed by atoms with E-state index < -0.39 is 29.7 Å². The number of nitrogens with zero attached hydrogens (tertiary/aromatic N) is 2. The van der Waals surface area contributed by atoms with Crippen molar-refractivity contribution in [1.29, 1.82) is 0 Å². The lowest BCUT2D eigenvalue weighted by Crippen LogP contribution is -2.54. The molecular formula is C40H46N4O5. The van der Waals surface area contributed by atoms with Crippen LogP contribution in [0.5, 0.6) is 0 Å². The molecule has 1 heterocycles. The molecule has 0 aliphatic heterocycles. The van der Waals surface area contributed by atoms with Crippen LogP contribution in [-0.4, -0.2) is 75.7 Å². The van der Waals surface area contributed by atoms with E-state index in [9.17, 15) is 19.5 Å². The molecule has 4 aromatic carbocycles. The third-order valence-electron chi connectivity index (χ3n) is 8.52. The number of amides is 2. The molecule has 2 unspecified atom stereocenters. The van der Waals surface area contributed by atoms with Crippen molar-refractivity contribution >= 4 is 39.6 Å². The highest BCUT2D eigenvalue weighted by Gasteiger charge is 2.35. The molecule has 5 rings (SSSR count). The third kappa shape index (κ3) is 9.70. The average molecular weight is 663 g/mol. The summed E-state index contributed by atoms with van der Waals surface area (Å²) in [4.78, 5) is 46.6. The van der Waals surface area contributed by atoms with E-state index in [1.165, 1.54) is 4.90 Å². The van der Waals surface area contributed by atoms with Crippen LogP contribution in [-0.2, 0) is 33.7 Å². The van der Waals surface area contributed by atoms with Gasteiger partial charge >= 0.3 is 12.1 Å². The second-order valence-corrected chi connectivity index (χ2v) is 13.6. The minimum Gasteiger partial charge on any atom is -0.481 e. The predicted octanol–water partition coefficient (Wildman–Crippen LogP) is 6.80. The summed E-state index contributed by atoms with van der Waals surface area (Å²) in [6, 6.07) is 30.5. The van der Waals surface area contributed by atoms with Gasteiger partial charge in [0.1, 0.15) is 11.6 Å². The number of carboxylic acid groups (broad SMARTS) is 1. The summed E-state index contributed by atoms with van der Waals surface area (Å²) in [5, 5.41) is 16.3. The topological polar surface area (TPSA) is 115 Å². The van der Waals surface area contributed by atoms with Crippen LogP contribution >= 0.6 is 0 Å². The van der Waals surface area contributed by atoms with Crippen LogP contribution < -0.4 is 5.32 Å². The number of para-hydroxylation sites is 1. The van der Waals surface area contributed by atoms with Crippen molar-refractivity contribution in [2.75, 3.05) is 20.1 Å². The summed E-state index contributed by atoms with van der Waals surface area (Å²) in [6.07, 6.45) is 1.95. The van der Waals surface area contributed by atoms with Gasteiger partial charge in [0.05, 0.1) is 6.42 Å². The van der Waals surface area contributed by atoms with E-state index in [0.717, 1.165) is 38.4 Å². The van der Waals surface area contributed by atoms with Gasteiger partial charge in [-0.15, -0.1) is 0 Å². The van der Waals surface area contributed by atoms with Crippen molar-refractivity contribution in [2.24, 2.45) is 0 Å². The fourth-order valence-corrected chi connectivity index (χ4v) is 6.19. The van der Waals surface area contributed by atoms with Gasteiger partial charge < -0.3 is 25.0 Å². The number of carbonyl (C=O) groups is 3.